The van der Waals surface area contributed by atoms with Gasteiger partial charge in [0.15, 0.2) is 0 Å². The molecule has 168 valence electrons. The van der Waals surface area contributed by atoms with Gasteiger partial charge in [0, 0.05) is 11.1 Å². The Morgan fingerprint density at radius 1 is 0.794 bits per heavy atom. The minimum atomic E-state index is -0.895. The van der Waals surface area contributed by atoms with Gasteiger partial charge in [-0.3, -0.25) is 9.59 Å². The van der Waals surface area contributed by atoms with E-state index in [1.807, 2.05) is 49.4 Å². The van der Waals surface area contributed by atoms with E-state index in [2.05, 4.69) is 15.8 Å². The summed E-state index contributed by atoms with van der Waals surface area (Å²) in [4.78, 5) is 36.7. The zero-order chi connectivity index (χ0) is 23.9. The van der Waals surface area contributed by atoms with Gasteiger partial charge in [-0.25, -0.2) is 10.2 Å². The van der Waals surface area contributed by atoms with Crippen LogP contribution in [0.15, 0.2) is 96.1 Å². The smallest absolute Gasteiger partial charge is 0.343 e. The van der Waals surface area contributed by atoms with Crippen LogP contribution in [-0.4, -0.2) is 24.0 Å². The van der Waals surface area contributed by atoms with E-state index in [1.165, 1.54) is 6.21 Å². The number of nitrogens with zero attached hydrogens (tertiary/aromatic N) is 1. The molecule has 0 heterocycles. The Balaban J connectivity index is 1.32. The molecule has 0 saturated carbocycles. The maximum Gasteiger partial charge on any atom is 0.343 e. The summed E-state index contributed by atoms with van der Waals surface area (Å²) >= 11 is 0. The summed E-state index contributed by atoms with van der Waals surface area (Å²) in [5.41, 5.74) is 4.72. The van der Waals surface area contributed by atoms with Crippen LogP contribution in [0.2, 0.25) is 0 Å². The second-order valence-corrected chi connectivity index (χ2v) is 7.45. The summed E-state index contributed by atoms with van der Waals surface area (Å²) in [5, 5.41) is 8.21. The number of benzene rings is 4. The number of nitrogens with one attached hydrogen (secondary N) is 2. The van der Waals surface area contributed by atoms with Gasteiger partial charge in [-0.15, -0.1) is 0 Å². The number of hydrogen-bond acceptors (Lipinski definition) is 5. The van der Waals surface area contributed by atoms with Gasteiger partial charge in [0.1, 0.15) is 5.75 Å². The molecule has 0 saturated heterocycles. The number of hydrazone groups is 1. The zero-order valence-corrected chi connectivity index (χ0v) is 18.3. The lowest BCUT2D eigenvalue weighted by molar-refractivity contribution is -0.136. The molecular weight excluding hydrogens is 430 g/mol. The average molecular weight is 451 g/mol. The maximum atomic E-state index is 12.3. The van der Waals surface area contributed by atoms with Crippen molar-refractivity contribution < 1.29 is 19.1 Å². The van der Waals surface area contributed by atoms with Crippen molar-refractivity contribution in [3.63, 3.8) is 0 Å². The third kappa shape index (κ3) is 5.34. The predicted octanol–water partition coefficient (Wildman–Crippen LogP) is 4.46. The molecule has 2 amide bonds. The van der Waals surface area contributed by atoms with Crippen molar-refractivity contribution in [3.8, 4) is 5.75 Å². The van der Waals surface area contributed by atoms with E-state index in [0.717, 1.165) is 16.3 Å². The van der Waals surface area contributed by atoms with Crippen LogP contribution < -0.4 is 15.5 Å². The van der Waals surface area contributed by atoms with Crippen molar-refractivity contribution in [3.05, 3.63) is 108 Å². The molecule has 0 atom stereocenters. The lowest BCUT2D eigenvalue weighted by atomic mass is 10.1. The molecule has 0 aromatic heterocycles. The molecule has 4 rings (SSSR count). The Morgan fingerprint density at radius 3 is 2.29 bits per heavy atom. The molecule has 0 spiro atoms. The van der Waals surface area contributed by atoms with Crippen molar-refractivity contribution >= 4 is 40.5 Å². The number of esters is 1. The first kappa shape index (κ1) is 22.4. The van der Waals surface area contributed by atoms with Crippen molar-refractivity contribution in [1.82, 2.24) is 5.43 Å². The minimum absolute atomic E-state index is 0.379. The fourth-order valence-electron chi connectivity index (χ4n) is 3.32. The van der Waals surface area contributed by atoms with Crippen LogP contribution in [0.1, 0.15) is 21.5 Å². The quantitative estimate of drug-likeness (QED) is 0.154. The lowest BCUT2D eigenvalue weighted by Crippen LogP contribution is -2.32. The van der Waals surface area contributed by atoms with Crippen LogP contribution in [0.3, 0.4) is 0 Å². The highest BCUT2D eigenvalue weighted by Gasteiger charge is 2.14. The van der Waals surface area contributed by atoms with E-state index in [-0.39, 0.29) is 0 Å². The topological polar surface area (TPSA) is 96.9 Å². The first-order valence-corrected chi connectivity index (χ1v) is 10.5. The normalized spacial score (nSPS) is 10.7. The highest BCUT2D eigenvalue weighted by Crippen LogP contribution is 2.22. The molecular formula is C27H21N3O4. The molecule has 7 heteroatoms. The summed E-state index contributed by atoms with van der Waals surface area (Å²) in [5.74, 6) is -1.78. The molecule has 0 aliphatic rings. The number of rotatable bonds is 5. The Bertz CT molecular complexity index is 1390. The molecule has 0 aliphatic heterocycles. The third-order valence-electron chi connectivity index (χ3n) is 5.08. The molecule has 34 heavy (non-hydrogen) atoms. The summed E-state index contributed by atoms with van der Waals surface area (Å²) < 4.78 is 5.39. The van der Waals surface area contributed by atoms with Crippen LogP contribution in [0.4, 0.5) is 5.69 Å². The van der Waals surface area contributed by atoms with Crippen LogP contribution in [0.5, 0.6) is 5.75 Å². The highest BCUT2D eigenvalue weighted by molar-refractivity contribution is 6.40. The zero-order valence-electron chi connectivity index (χ0n) is 18.3. The van der Waals surface area contributed by atoms with Gasteiger partial charge in [-0.05, 0) is 59.8 Å². The monoisotopic (exact) mass is 451 g/mol. The first-order valence-electron chi connectivity index (χ1n) is 10.5. The summed E-state index contributed by atoms with van der Waals surface area (Å²) in [6, 6.07) is 26.7. The fraction of sp³-hybridized carbons (Fsp3) is 0.0370. The Morgan fingerprint density at radius 2 is 1.50 bits per heavy atom. The molecule has 4 aromatic carbocycles. The van der Waals surface area contributed by atoms with Crippen molar-refractivity contribution in [1.29, 1.82) is 0 Å². The number of carbonyl (C=O) groups is 3. The van der Waals surface area contributed by atoms with Gasteiger partial charge in [-0.1, -0.05) is 54.6 Å². The van der Waals surface area contributed by atoms with Gasteiger partial charge in [0.25, 0.3) is 0 Å². The van der Waals surface area contributed by atoms with E-state index < -0.39 is 17.8 Å². The van der Waals surface area contributed by atoms with Gasteiger partial charge in [-0.2, -0.15) is 5.10 Å². The van der Waals surface area contributed by atoms with E-state index in [0.29, 0.717) is 22.6 Å². The number of ether oxygens (including phenoxy) is 1. The van der Waals surface area contributed by atoms with Crippen molar-refractivity contribution in [2.45, 2.75) is 6.92 Å². The van der Waals surface area contributed by atoms with Crippen molar-refractivity contribution in [2.75, 3.05) is 5.32 Å². The van der Waals surface area contributed by atoms with Gasteiger partial charge in [0.2, 0.25) is 0 Å². The highest BCUT2D eigenvalue weighted by atomic mass is 16.5. The number of hydrogen-bond donors (Lipinski definition) is 2. The summed E-state index contributed by atoms with van der Waals surface area (Å²) in [6.45, 7) is 1.84. The average Bonchev–Trinajstić information content (AvgIpc) is 2.85. The largest absolute Gasteiger partial charge is 0.423 e. The number of anilines is 1. The molecule has 0 radical (unpaired) electrons. The molecule has 0 bridgehead atoms. The van der Waals surface area contributed by atoms with Gasteiger partial charge < -0.3 is 10.1 Å². The van der Waals surface area contributed by atoms with Crippen LogP contribution in [-0.2, 0) is 9.59 Å². The number of fused-ring (bicyclic) bond motifs is 1. The summed E-state index contributed by atoms with van der Waals surface area (Å²) in [7, 11) is 0. The lowest BCUT2D eigenvalue weighted by Gasteiger charge is -2.07. The molecule has 7 nitrogen and oxygen atoms in total. The molecule has 0 unspecified atom stereocenters. The fourth-order valence-corrected chi connectivity index (χ4v) is 3.32. The standard InChI is InChI=1S/C27H21N3O4/c1-18-7-2-4-10-22(18)27(33)34-21-15-13-19(14-16-21)17-28-30-26(32)25(31)29-24-12-6-9-20-8-3-5-11-23(20)24/h2-17H,1H3,(H,29,31)(H,30,32)/b28-17+. The Hall–Kier alpha value is -4.78. The van der Waals surface area contributed by atoms with Crippen molar-refractivity contribution in [2.24, 2.45) is 5.10 Å². The second-order valence-electron chi connectivity index (χ2n) is 7.45. The Kier molecular flexibility index (Phi) is 6.74. The predicted molar refractivity (Wildman–Crippen MR) is 131 cm³/mol. The summed E-state index contributed by atoms with van der Waals surface area (Å²) in [6.07, 6.45) is 1.38. The first-order chi connectivity index (χ1) is 16.5. The SMILES string of the molecule is Cc1ccccc1C(=O)Oc1ccc(/C=N/NC(=O)C(=O)Nc2cccc3ccccc23)cc1. The van der Waals surface area contributed by atoms with Crippen LogP contribution >= 0.6 is 0 Å². The van der Waals surface area contributed by atoms with E-state index >= 15 is 0 Å². The maximum absolute atomic E-state index is 12.3. The van der Waals surface area contributed by atoms with Crippen LogP contribution in [0, 0.1) is 6.92 Å². The van der Waals surface area contributed by atoms with Gasteiger partial charge >= 0.3 is 17.8 Å². The van der Waals surface area contributed by atoms with E-state index in [9.17, 15) is 14.4 Å². The molecule has 4 aromatic rings. The number of aryl methyl sites for hydroxylation is 1. The second kappa shape index (κ2) is 10.2. The van der Waals surface area contributed by atoms with Crippen LogP contribution in [0.25, 0.3) is 10.8 Å². The van der Waals surface area contributed by atoms with E-state index in [1.54, 1.807) is 48.5 Å². The molecule has 0 aliphatic carbocycles. The third-order valence-corrected chi connectivity index (χ3v) is 5.08. The number of amides is 2. The number of carbonyl (C=O) groups excluding carboxylic acids is 3. The molecule has 2 N–H and O–H groups in total. The van der Waals surface area contributed by atoms with E-state index in [4.69, 9.17) is 4.74 Å². The van der Waals surface area contributed by atoms with Gasteiger partial charge in [0.05, 0.1) is 11.8 Å². The molecule has 0 fully saturated rings. The Labute approximate surface area is 196 Å². The minimum Gasteiger partial charge on any atom is -0.423 e.